The van der Waals surface area contributed by atoms with Crippen LogP contribution < -0.4 is 15.4 Å². The van der Waals surface area contributed by atoms with Crippen LogP contribution in [0.25, 0.3) is 0 Å². The van der Waals surface area contributed by atoms with Crippen molar-refractivity contribution >= 4 is 0 Å². The molecule has 1 aliphatic heterocycles. The van der Waals surface area contributed by atoms with Crippen LogP contribution in [0, 0.1) is 6.92 Å². The molecule has 2 aromatic carbocycles. The predicted octanol–water partition coefficient (Wildman–Crippen LogP) is 3.59. The Hall–Kier alpha value is -1.84. The highest BCUT2D eigenvalue weighted by Gasteiger charge is 2.25. The number of nitrogens with one attached hydrogen (secondary N) is 2. The van der Waals surface area contributed by atoms with Crippen molar-refractivity contribution in [3.63, 3.8) is 0 Å². The molecule has 0 amide bonds. The minimum absolute atomic E-state index is 0.376. The lowest BCUT2D eigenvalue weighted by molar-refractivity contribution is 0.303. The molecule has 3 heteroatoms. The van der Waals surface area contributed by atoms with Crippen molar-refractivity contribution in [2.75, 3.05) is 13.7 Å². The van der Waals surface area contributed by atoms with Gasteiger partial charge in [-0.3, -0.25) is 0 Å². The minimum Gasteiger partial charge on any atom is -0.496 e. The zero-order valence-corrected chi connectivity index (χ0v) is 14.0. The van der Waals surface area contributed by atoms with Crippen molar-refractivity contribution < 1.29 is 4.74 Å². The SMILES string of the molecule is COc1ccc(C)cc1CN[C@H]1CCCN[C@H]1c1ccccc1. The van der Waals surface area contributed by atoms with E-state index in [9.17, 15) is 0 Å². The molecule has 2 atom stereocenters. The largest absolute Gasteiger partial charge is 0.496 e. The van der Waals surface area contributed by atoms with Gasteiger partial charge in [-0.1, -0.05) is 48.0 Å². The van der Waals surface area contributed by atoms with Gasteiger partial charge in [-0.25, -0.2) is 0 Å². The molecule has 0 radical (unpaired) electrons. The van der Waals surface area contributed by atoms with E-state index in [1.165, 1.54) is 29.5 Å². The van der Waals surface area contributed by atoms with E-state index in [4.69, 9.17) is 4.74 Å². The number of piperidine rings is 1. The van der Waals surface area contributed by atoms with E-state index in [0.29, 0.717) is 12.1 Å². The Labute approximate surface area is 139 Å². The zero-order valence-electron chi connectivity index (χ0n) is 14.0. The number of methoxy groups -OCH3 is 1. The van der Waals surface area contributed by atoms with Gasteiger partial charge in [0.05, 0.1) is 7.11 Å². The molecular formula is C20H26N2O. The normalized spacial score (nSPS) is 21.1. The number of hydrogen-bond donors (Lipinski definition) is 2. The highest BCUT2D eigenvalue weighted by molar-refractivity contribution is 5.36. The van der Waals surface area contributed by atoms with Crippen LogP contribution in [0.2, 0.25) is 0 Å². The number of benzene rings is 2. The maximum absolute atomic E-state index is 5.50. The van der Waals surface area contributed by atoms with Crippen LogP contribution in [-0.2, 0) is 6.54 Å². The van der Waals surface area contributed by atoms with E-state index in [-0.39, 0.29) is 0 Å². The summed E-state index contributed by atoms with van der Waals surface area (Å²) in [6.07, 6.45) is 2.41. The molecule has 1 aliphatic rings. The molecule has 3 nitrogen and oxygen atoms in total. The lowest BCUT2D eigenvalue weighted by atomic mass is 9.92. The maximum Gasteiger partial charge on any atom is 0.123 e. The van der Waals surface area contributed by atoms with Gasteiger partial charge in [0.2, 0.25) is 0 Å². The Morgan fingerprint density at radius 2 is 2.00 bits per heavy atom. The van der Waals surface area contributed by atoms with Crippen molar-refractivity contribution in [1.82, 2.24) is 10.6 Å². The second kappa shape index (κ2) is 7.62. The molecule has 1 saturated heterocycles. The zero-order chi connectivity index (χ0) is 16.1. The van der Waals surface area contributed by atoms with Gasteiger partial charge in [0.15, 0.2) is 0 Å². The molecule has 0 unspecified atom stereocenters. The van der Waals surface area contributed by atoms with Crippen LogP contribution in [0.1, 0.15) is 35.6 Å². The maximum atomic E-state index is 5.50. The topological polar surface area (TPSA) is 33.3 Å². The van der Waals surface area contributed by atoms with Crippen LogP contribution in [-0.4, -0.2) is 19.7 Å². The number of rotatable bonds is 5. The van der Waals surface area contributed by atoms with Crippen molar-refractivity contribution in [3.8, 4) is 5.75 Å². The fourth-order valence-corrected chi connectivity index (χ4v) is 3.41. The Balaban J connectivity index is 1.72. The van der Waals surface area contributed by atoms with Crippen molar-refractivity contribution in [2.45, 2.75) is 38.4 Å². The summed E-state index contributed by atoms with van der Waals surface area (Å²) in [4.78, 5) is 0. The standard InChI is InChI=1S/C20H26N2O/c1-15-10-11-19(23-2)17(13-15)14-22-18-9-6-12-21-20(18)16-7-4-3-5-8-16/h3-5,7-8,10-11,13,18,20-22H,6,9,12,14H2,1-2H3/t18-,20-/m0/s1. The summed E-state index contributed by atoms with van der Waals surface area (Å²) < 4.78 is 5.50. The summed E-state index contributed by atoms with van der Waals surface area (Å²) in [5, 5.41) is 7.41. The first-order valence-corrected chi connectivity index (χ1v) is 8.43. The summed E-state index contributed by atoms with van der Waals surface area (Å²) >= 11 is 0. The smallest absolute Gasteiger partial charge is 0.123 e. The van der Waals surface area contributed by atoms with Gasteiger partial charge < -0.3 is 15.4 Å². The first kappa shape index (κ1) is 16.0. The van der Waals surface area contributed by atoms with Crippen molar-refractivity contribution in [2.24, 2.45) is 0 Å². The molecule has 0 bridgehead atoms. The summed E-state index contributed by atoms with van der Waals surface area (Å²) in [7, 11) is 1.74. The fourth-order valence-electron chi connectivity index (χ4n) is 3.41. The van der Waals surface area contributed by atoms with Gasteiger partial charge in [0, 0.05) is 24.2 Å². The average molecular weight is 310 g/mol. The van der Waals surface area contributed by atoms with E-state index < -0.39 is 0 Å². The molecule has 23 heavy (non-hydrogen) atoms. The number of aryl methyl sites for hydroxylation is 1. The van der Waals surface area contributed by atoms with Crippen LogP contribution >= 0.6 is 0 Å². The molecule has 2 N–H and O–H groups in total. The van der Waals surface area contributed by atoms with Gasteiger partial charge in [-0.15, -0.1) is 0 Å². The van der Waals surface area contributed by atoms with E-state index >= 15 is 0 Å². The second-order valence-corrected chi connectivity index (χ2v) is 6.29. The molecule has 1 heterocycles. The Morgan fingerprint density at radius 1 is 1.17 bits per heavy atom. The van der Waals surface area contributed by atoms with Crippen LogP contribution in [0.15, 0.2) is 48.5 Å². The first-order chi connectivity index (χ1) is 11.3. The summed E-state index contributed by atoms with van der Waals surface area (Å²) in [6.45, 7) is 4.05. The van der Waals surface area contributed by atoms with Gasteiger partial charge in [-0.05, 0) is 37.9 Å². The third-order valence-electron chi connectivity index (χ3n) is 4.61. The molecule has 0 saturated carbocycles. The van der Waals surface area contributed by atoms with Crippen LogP contribution in [0.3, 0.4) is 0 Å². The highest BCUT2D eigenvalue weighted by Crippen LogP contribution is 2.25. The van der Waals surface area contributed by atoms with Crippen LogP contribution in [0.4, 0.5) is 0 Å². The molecule has 0 aliphatic carbocycles. The lowest BCUT2D eigenvalue weighted by Gasteiger charge is -2.34. The van der Waals surface area contributed by atoms with E-state index in [0.717, 1.165) is 18.8 Å². The first-order valence-electron chi connectivity index (χ1n) is 8.43. The van der Waals surface area contributed by atoms with Crippen LogP contribution in [0.5, 0.6) is 5.75 Å². The Bertz CT molecular complexity index is 627. The molecule has 0 aromatic heterocycles. The monoisotopic (exact) mass is 310 g/mol. The fraction of sp³-hybridized carbons (Fsp3) is 0.400. The van der Waals surface area contributed by atoms with Gasteiger partial charge in [0.25, 0.3) is 0 Å². The van der Waals surface area contributed by atoms with Crippen molar-refractivity contribution in [3.05, 3.63) is 65.2 Å². The number of ether oxygens (including phenoxy) is 1. The van der Waals surface area contributed by atoms with Crippen molar-refractivity contribution in [1.29, 1.82) is 0 Å². The molecule has 1 fully saturated rings. The molecule has 0 spiro atoms. The van der Waals surface area contributed by atoms with Gasteiger partial charge in [-0.2, -0.15) is 0 Å². The van der Waals surface area contributed by atoms with E-state index in [1.807, 2.05) is 0 Å². The molecular weight excluding hydrogens is 284 g/mol. The van der Waals surface area contributed by atoms with E-state index in [1.54, 1.807) is 7.11 Å². The predicted molar refractivity (Wildman–Crippen MR) is 94.8 cm³/mol. The second-order valence-electron chi connectivity index (χ2n) is 6.29. The Morgan fingerprint density at radius 3 is 2.78 bits per heavy atom. The van der Waals surface area contributed by atoms with E-state index in [2.05, 4.69) is 66.1 Å². The summed E-state index contributed by atoms with van der Waals surface area (Å²) in [5.74, 6) is 0.961. The average Bonchev–Trinajstić information content (AvgIpc) is 2.61. The van der Waals surface area contributed by atoms with Gasteiger partial charge >= 0.3 is 0 Å². The summed E-state index contributed by atoms with van der Waals surface area (Å²) in [5.41, 5.74) is 3.86. The summed E-state index contributed by atoms with van der Waals surface area (Å²) in [6, 6.07) is 17.9. The molecule has 3 rings (SSSR count). The third kappa shape index (κ3) is 3.92. The van der Waals surface area contributed by atoms with Gasteiger partial charge in [0.1, 0.15) is 5.75 Å². The quantitative estimate of drug-likeness (QED) is 0.885. The highest BCUT2D eigenvalue weighted by atomic mass is 16.5. The lowest BCUT2D eigenvalue weighted by Crippen LogP contribution is -2.45. The molecule has 122 valence electrons. The molecule has 2 aromatic rings. The minimum atomic E-state index is 0.376. The number of hydrogen-bond acceptors (Lipinski definition) is 3. The third-order valence-corrected chi connectivity index (χ3v) is 4.61. The Kier molecular flexibility index (Phi) is 5.31.